The molecule has 4 aliphatic rings. The lowest BCUT2D eigenvalue weighted by Crippen LogP contribution is -2.56. The van der Waals surface area contributed by atoms with Crippen molar-refractivity contribution in [2.24, 2.45) is 34.5 Å². The lowest BCUT2D eigenvalue weighted by Gasteiger charge is -2.58. The highest BCUT2D eigenvalue weighted by atomic mass is 16.5. The van der Waals surface area contributed by atoms with Crippen LogP contribution in [0.3, 0.4) is 0 Å². The summed E-state index contributed by atoms with van der Waals surface area (Å²) < 4.78 is 5.13. The number of carbonyl (C=O) groups is 1. The van der Waals surface area contributed by atoms with Crippen LogP contribution >= 0.6 is 0 Å². The molecule has 0 spiro atoms. The van der Waals surface area contributed by atoms with Crippen molar-refractivity contribution in [3.63, 3.8) is 0 Å². The highest BCUT2D eigenvalue weighted by Crippen LogP contribution is 2.66. The van der Waals surface area contributed by atoms with Gasteiger partial charge in [0.25, 0.3) is 0 Å². The maximum absolute atomic E-state index is 12.7. The highest BCUT2D eigenvalue weighted by molar-refractivity contribution is 5.83. The standard InChI is InChI=1S/C23H32O3/c1-14-9-10-22(2)15(11-14)5-6-16-17-7-8-18(20(25)13-26-4)23(17,3)12-19(24)21(16)22/h9-11,16-19,21,24H,1,5-8,12-13H2,2-4H3/t16-,17?,18+,19?,21?,22-,23-/m0/s1. The van der Waals surface area contributed by atoms with Gasteiger partial charge in [-0.15, -0.1) is 0 Å². The van der Waals surface area contributed by atoms with Crippen molar-refractivity contribution in [3.8, 4) is 0 Å². The zero-order valence-corrected chi connectivity index (χ0v) is 16.3. The van der Waals surface area contributed by atoms with Crippen molar-refractivity contribution in [2.45, 2.75) is 52.1 Å². The Hall–Kier alpha value is -1.19. The number of methoxy groups -OCH3 is 1. The molecule has 142 valence electrons. The molecule has 3 saturated carbocycles. The fourth-order valence-electron chi connectivity index (χ4n) is 7.17. The second-order valence-corrected chi connectivity index (χ2v) is 9.50. The van der Waals surface area contributed by atoms with Gasteiger partial charge in [0, 0.05) is 24.4 Å². The molecule has 3 nitrogen and oxygen atoms in total. The van der Waals surface area contributed by atoms with Crippen molar-refractivity contribution in [3.05, 3.63) is 36.0 Å². The quantitative estimate of drug-likeness (QED) is 0.829. The molecule has 4 rings (SSSR count). The van der Waals surface area contributed by atoms with E-state index in [1.165, 1.54) is 5.57 Å². The maximum atomic E-state index is 12.7. The van der Waals surface area contributed by atoms with Crippen LogP contribution < -0.4 is 0 Å². The molecule has 26 heavy (non-hydrogen) atoms. The monoisotopic (exact) mass is 356 g/mol. The average Bonchev–Trinajstić information content (AvgIpc) is 2.92. The van der Waals surface area contributed by atoms with E-state index >= 15 is 0 Å². The van der Waals surface area contributed by atoms with E-state index in [4.69, 9.17) is 4.74 Å². The van der Waals surface area contributed by atoms with Crippen molar-refractivity contribution in [1.29, 1.82) is 0 Å². The molecule has 0 aromatic carbocycles. The van der Waals surface area contributed by atoms with Gasteiger partial charge in [-0.1, -0.05) is 44.2 Å². The van der Waals surface area contributed by atoms with Gasteiger partial charge in [-0.25, -0.2) is 0 Å². The van der Waals surface area contributed by atoms with Crippen LogP contribution in [0.5, 0.6) is 0 Å². The Bertz CT molecular complexity index is 690. The van der Waals surface area contributed by atoms with Gasteiger partial charge in [0.05, 0.1) is 6.10 Å². The summed E-state index contributed by atoms with van der Waals surface area (Å²) in [6, 6.07) is 0. The lowest BCUT2D eigenvalue weighted by molar-refractivity contribution is -0.141. The Morgan fingerprint density at radius 3 is 2.85 bits per heavy atom. The van der Waals surface area contributed by atoms with Gasteiger partial charge in [0.1, 0.15) is 6.61 Å². The first-order chi connectivity index (χ1) is 12.3. The zero-order chi connectivity index (χ0) is 18.7. The van der Waals surface area contributed by atoms with Crippen LogP contribution in [0.2, 0.25) is 0 Å². The van der Waals surface area contributed by atoms with E-state index in [0.717, 1.165) is 37.7 Å². The molecular formula is C23H32O3. The molecule has 1 N–H and O–H groups in total. The molecule has 3 heteroatoms. The second kappa shape index (κ2) is 6.17. The summed E-state index contributed by atoms with van der Waals surface area (Å²) in [6.07, 6.45) is 11.3. The number of fused-ring (bicyclic) bond motifs is 5. The van der Waals surface area contributed by atoms with E-state index in [1.807, 2.05) is 0 Å². The summed E-state index contributed by atoms with van der Waals surface area (Å²) >= 11 is 0. The number of Topliss-reactive ketones (excluding diaryl/α,β-unsaturated/α-hetero) is 1. The van der Waals surface area contributed by atoms with Gasteiger partial charge in [-0.3, -0.25) is 4.79 Å². The van der Waals surface area contributed by atoms with Crippen LogP contribution in [0.4, 0.5) is 0 Å². The SMILES string of the molecule is C=C1C=C[C@@]2(C)C(=C1)CC[C@@H]1C2C(O)C[C@@]2(C)C1CC[C@@H]2C(=O)COC. The van der Waals surface area contributed by atoms with Crippen LogP contribution in [-0.2, 0) is 9.53 Å². The number of rotatable bonds is 3. The van der Waals surface area contributed by atoms with E-state index in [2.05, 4.69) is 38.7 Å². The molecule has 0 bridgehead atoms. The molecular weight excluding hydrogens is 324 g/mol. The van der Waals surface area contributed by atoms with Crippen molar-refractivity contribution in [1.82, 2.24) is 0 Å². The molecule has 0 heterocycles. The van der Waals surface area contributed by atoms with E-state index in [-0.39, 0.29) is 41.2 Å². The van der Waals surface area contributed by atoms with Gasteiger partial charge < -0.3 is 9.84 Å². The number of ketones is 1. The van der Waals surface area contributed by atoms with Crippen LogP contribution in [0.25, 0.3) is 0 Å². The van der Waals surface area contributed by atoms with Crippen LogP contribution in [0, 0.1) is 34.5 Å². The van der Waals surface area contributed by atoms with E-state index < -0.39 is 0 Å². The van der Waals surface area contributed by atoms with Crippen molar-refractivity contribution >= 4 is 5.78 Å². The molecule has 3 fully saturated rings. The number of aliphatic hydroxyl groups excluding tert-OH is 1. The normalized spacial score (nSPS) is 47.0. The van der Waals surface area contributed by atoms with Gasteiger partial charge in [-0.05, 0) is 54.9 Å². The summed E-state index contributed by atoms with van der Waals surface area (Å²) in [4.78, 5) is 12.7. The lowest BCUT2D eigenvalue weighted by atomic mass is 9.46. The first-order valence-corrected chi connectivity index (χ1v) is 10.1. The minimum absolute atomic E-state index is 0.0365. The number of hydrogen-bond acceptors (Lipinski definition) is 3. The predicted octanol–water partition coefficient (Wildman–Crippen LogP) is 4.08. The minimum atomic E-state index is -0.359. The Balaban J connectivity index is 1.68. The Kier molecular flexibility index (Phi) is 4.32. The molecule has 0 saturated heterocycles. The summed E-state index contributed by atoms with van der Waals surface area (Å²) in [5.74, 6) is 1.52. The van der Waals surface area contributed by atoms with E-state index in [0.29, 0.717) is 11.8 Å². The predicted molar refractivity (Wildman–Crippen MR) is 103 cm³/mol. The Morgan fingerprint density at radius 1 is 1.35 bits per heavy atom. The molecule has 7 atom stereocenters. The molecule has 3 unspecified atom stereocenters. The van der Waals surface area contributed by atoms with Gasteiger partial charge in [0.2, 0.25) is 0 Å². The fourth-order valence-corrected chi connectivity index (χ4v) is 7.17. The molecule has 0 aliphatic heterocycles. The van der Waals surface area contributed by atoms with Gasteiger partial charge in [0.15, 0.2) is 5.78 Å². The molecule has 0 aromatic rings. The third-order valence-electron chi connectivity index (χ3n) is 8.26. The molecule has 0 radical (unpaired) electrons. The number of hydrogen-bond donors (Lipinski definition) is 1. The Morgan fingerprint density at radius 2 is 2.12 bits per heavy atom. The third kappa shape index (κ3) is 2.43. The number of aliphatic hydroxyl groups is 1. The number of ether oxygens (including phenoxy) is 1. The van der Waals surface area contributed by atoms with Crippen molar-refractivity contribution in [2.75, 3.05) is 13.7 Å². The zero-order valence-electron chi connectivity index (χ0n) is 16.3. The summed E-state index contributed by atoms with van der Waals surface area (Å²) in [7, 11) is 1.59. The summed E-state index contributed by atoms with van der Waals surface area (Å²) in [6.45, 7) is 8.85. The average molecular weight is 357 g/mol. The largest absolute Gasteiger partial charge is 0.393 e. The first kappa shape index (κ1) is 18.2. The minimum Gasteiger partial charge on any atom is -0.393 e. The first-order valence-electron chi connectivity index (χ1n) is 10.1. The molecule has 0 aromatic heterocycles. The van der Waals surface area contributed by atoms with Crippen LogP contribution in [0.1, 0.15) is 46.0 Å². The second-order valence-electron chi connectivity index (χ2n) is 9.50. The maximum Gasteiger partial charge on any atom is 0.162 e. The smallest absolute Gasteiger partial charge is 0.162 e. The summed E-state index contributed by atoms with van der Waals surface area (Å²) in [5, 5.41) is 11.3. The number of carbonyl (C=O) groups excluding carboxylic acids is 1. The van der Waals surface area contributed by atoms with Gasteiger partial charge in [-0.2, -0.15) is 0 Å². The van der Waals surface area contributed by atoms with Gasteiger partial charge >= 0.3 is 0 Å². The van der Waals surface area contributed by atoms with E-state index in [1.54, 1.807) is 7.11 Å². The molecule has 0 amide bonds. The Labute approximate surface area is 157 Å². The number of allylic oxidation sites excluding steroid dienone is 5. The fraction of sp³-hybridized carbons (Fsp3) is 0.696. The highest BCUT2D eigenvalue weighted by Gasteiger charge is 2.62. The van der Waals surface area contributed by atoms with Crippen LogP contribution in [0.15, 0.2) is 36.0 Å². The van der Waals surface area contributed by atoms with Crippen LogP contribution in [-0.4, -0.2) is 30.7 Å². The van der Waals surface area contributed by atoms with Crippen molar-refractivity contribution < 1.29 is 14.6 Å². The summed E-state index contributed by atoms with van der Waals surface area (Å²) in [5.41, 5.74) is 2.34. The topological polar surface area (TPSA) is 46.5 Å². The van der Waals surface area contributed by atoms with E-state index in [9.17, 15) is 9.90 Å². The third-order valence-corrected chi connectivity index (χ3v) is 8.26. The molecule has 4 aliphatic carbocycles.